The molecule has 1 aromatic carbocycles. The Morgan fingerprint density at radius 3 is 2.58 bits per heavy atom. The fourth-order valence-corrected chi connectivity index (χ4v) is 5.01. The minimum atomic E-state index is -0.839. The molecule has 0 spiro atoms. The molecule has 0 aromatic heterocycles. The summed E-state index contributed by atoms with van der Waals surface area (Å²) in [6.45, 7) is 2.55. The molecule has 5 unspecified atom stereocenters. The van der Waals surface area contributed by atoms with Crippen LogP contribution in [0.2, 0.25) is 0 Å². The third kappa shape index (κ3) is 3.28. The molecule has 1 saturated carbocycles. The zero-order valence-corrected chi connectivity index (χ0v) is 14.9. The lowest BCUT2D eigenvalue weighted by atomic mass is 9.82. The SMILES string of the molecule is O=C(O)C1C2C=CC(C2)C1C(=O)NCC1CCCN1Cc1ccccc1. The zero-order chi connectivity index (χ0) is 18.1. The Labute approximate surface area is 154 Å². The van der Waals surface area contributed by atoms with Gasteiger partial charge in [0.15, 0.2) is 0 Å². The number of benzene rings is 1. The second-order valence-electron chi connectivity index (χ2n) is 7.84. The standard InChI is InChI=1S/C21H26N2O3/c24-20(18-15-8-9-16(11-15)19(18)21(25)26)22-12-17-7-4-10-23(17)13-14-5-2-1-3-6-14/h1-3,5-6,8-9,15-19H,4,7,10-13H2,(H,22,24)(H,25,26). The van der Waals surface area contributed by atoms with Crippen molar-refractivity contribution >= 4 is 11.9 Å². The summed E-state index contributed by atoms with van der Waals surface area (Å²) in [5.41, 5.74) is 1.29. The molecule has 138 valence electrons. The minimum Gasteiger partial charge on any atom is -0.481 e. The number of fused-ring (bicyclic) bond motifs is 2. The molecule has 2 aliphatic carbocycles. The van der Waals surface area contributed by atoms with Crippen molar-refractivity contribution in [1.29, 1.82) is 0 Å². The minimum absolute atomic E-state index is 0.0225. The first kappa shape index (κ1) is 17.3. The number of likely N-dealkylation sites (tertiary alicyclic amines) is 1. The molecule has 1 heterocycles. The van der Waals surface area contributed by atoms with Crippen molar-refractivity contribution in [3.63, 3.8) is 0 Å². The molecule has 1 amide bonds. The molecule has 5 nitrogen and oxygen atoms in total. The van der Waals surface area contributed by atoms with Gasteiger partial charge in [-0.3, -0.25) is 14.5 Å². The number of rotatable bonds is 6. The van der Waals surface area contributed by atoms with Gasteiger partial charge in [-0.15, -0.1) is 0 Å². The van der Waals surface area contributed by atoms with Crippen LogP contribution in [0.5, 0.6) is 0 Å². The van der Waals surface area contributed by atoms with Crippen LogP contribution in [-0.2, 0) is 16.1 Å². The van der Waals surface area contributed by atoms with E-state index >= 15 is 0 Å². The Morgan fingerprint density at radius 2 is 1.85 bits per heavy atom. The van der Waals surface area contributed by atoms with Crippen molar-refractivity contribution in [1.82, 2.24) is 10.2 Å². The summed E-state index contributed by atoms with van der Waals surface area (Å²) in [5, 5.41) is 12.6. The van der Waals surface area contributed by atoms with Crippen LogP contribution in [0.3, 0.4) is 0 Å². The van der Waals surface area contributed by atoms with E-state index in [9.17, 15) is 14.7 Å². The highest BCUT2D eigenvalue weighted by atomic mass is 16.4. The van der Waals surface area contributed by atoms with E-state index in [1.807, 2.05) is 18.2 Å². The number of carbonyl (C=O) groups excluding carboxylic acids is 1. The molecule has 3 aliphatic rings. The van der Waals surface area contributed by atoms with Crippen molar-refractivity contribution in [2.45, 2.75) is 31.8 Å². The third-order valence-corrected chi connectivity index (χ3v) is 6.29. The van der Waals surface area contributed by atoms with E-state index in [0.717, 1.165) is 32.4 Å². The van der Waals surface area contributed by atoms with Gasteiger partial charge in [-0.1, -0.05) is 42.5 Å². The monoisotopic (exact) mass is 354 g/mol. The van der Waals surface area contributed by atoms with Crippen LogP contribution in [0.4, 0.5) is 0 Å². The average molecular weight is 354 g/mol. The Balaban J connectivity index is 1.35. The molecule has 26 heavy (non-hydrogen) atoms. The van der Waals surface area contributed by atoms with Gasteiger partial charge in [0.1, 0.15) is 0 Å². The number of nitrogens with zero attached hydrogens (tertiary/aromatic N) is 1. The number of hydrogen-bond acceptors (Lipinski definition) is 3. The van der Waals surface area contributed by atoms with Crippen molar-refractivity contribution in [2.24, 2.45) is 23.7 Å². The molecular formula is C21H26N2O3. The quantitative estimate of drug-likeness (QED) is 0.769. The van der Waals surface area contributed by atoms with E-state index < -0.39 is 17.8 Å². The fourth-order valence-electron chi connectivity index (χ4n) is 5.01. The first-order valence-electron chi connectivity index (χ1n) is 9.60. The summed E-state index contributed by atoms with van der Waals surface area (Å²) < 4.78 is 0. The maximum absolute atomic E-state index is 12.7. The first-order valence-corrected chi connectivity index (χ1v) is 9.60. The highest BCUT2D eigenvalue weighted by Crippen LogP contribution is 2.48. The largest absolute Gasteiger partial charge is 0.481 e. The van der Waals surface area contributed by atoms with Gasteiger partial charge < -0.3 is 10.4 Å². The van der Waals surface area contributed by atoms with Gasteiger partial charge in [0.2, 0.25) is 5.91 Å². The molecular weight excluding hydrogens is 328 g/mol. The highest BCUT2D eigenvalue weighted by Gasteiger charge is 2.51. The maximum atomic E-state index is 12.7. The van der Waals surface area contributed by atoms with E-state index in [1.54, 1.807) is 0 Å². The first-order chi connectivity index (χ1) is 12.6. The number of amides is 1. The highest BCUT2D eigenvalue weighted by molar-refractivity contribution is 5.86. The molecule has 2 fully saturated rings. The molecule has 1 aromatic rings. The summed E-state index contributed by atoms with van der Waals surface area (Å²) in [6.07, 6.45) is 7.03. The molecule has 5 atom stereocenters. The van der Waals surface area contributed by atoms with Gasteiger partial charge in [0, 0.05) is 19.1 Å². The maximum Gasteiger partial charge on any atom is 0.307 e. The number of carboxylic acid groups (broad SMARTS) is 1. The molecule has 2 bridgehead atoms. The Kier molecular flexibility index (Phi) is 4.81. The molecule has 1 saturated heterocycles. The molecule has 5 heteroatoms. The number of allylic oxidation sites excluding steroid dienone is 2. The molecule has 0 radical (unpaired) electrons. The molecule has 4 rings (SSSR count). The van der Waals surface area contributed by atoms with Gasteiger partial charge in [0.25, 0.3) is 0 Å². The normalized spacial score (nSPS) is 32.8. The van der Waals surface area contributed by atoms with Crippen LogP contribution < -0.4 is 5.32 Å². The van der Waals surface area contributed by atoms with Crippen LogP contribution in [-0.4, -0.2) is 41.0 Å². The number of nitrogens with one attached hydrogen (secondary N) is 1. The van der Waals surface area contributed by atoms with E-state index in [-0.39, 0.29) is 17.7 Å². The van der Waals surface area contributed by atoms with E-state index in [2.05, 4.69) is 34.5 Å². The average Bonchev–Trinajstić information content (AvgIpc) is 3.36. The number of carboxylic acids is 1. The Morgan fingerprint density at radius 1 is 1.12 bits per heavy atom. The van der Waals surface area contributed by atoms with Gasteiger partial charge in [-0.2, -0.15) is 0 Å². The van der Waals surface area contributed by atoms with Gasteiger partial charge in [0.05, 0.1) is 11.8 Å². The lowest BCUT2D eigenvalue weighted by molar-refractivity contribution is -0.147. The summed E-state index contributed by atoms with van der Waals surface area (Å²) in [4.78, 5) is 26.8. The van der Waals surface area contributed by atoms with Gasteiger partial charge >= 0.3 is 5.97 Å². The van der Waals surface area contributed by atoms with Crippen LogP contribution in [0, 0.1) is 23.7 Å². The fraction of sp³-hybridized carbons (Fsp3) is 0.524. The number of aliphatic carboxylic acids is 1. The van der Waals surface area contributed by atoms with E-state index in [0.29, 0.717) is 12.6 Å². The number of hydrogen-bond donors (Lipinski definition) is 2. The van der Waals surface area contributed by atoms with Gasteiger partial charge in [-0.25, -0.2) is 0 Å². The summed E-state index contributed by atoms with van der Waals surface area (Å²) in [5.74, 6) is -1.78. The second-order valence-corrected chi connectivity index (χ2v) is 7.84. The van der Waals surface area contributed by atoms with E-state index in [4.69, 9.17) is 0 Å². The van der Waals surface area contributed by atoms with Crippen LogP contribution >= 0.6 is 0 Å². The molecule has 1 aliphatic heterocycles. The van der Waals surface area contributed by atoms with Crippen molar-refractivity contribution in [3.05, 3.63) is 48.0 Å². The van der Waals surface area contributed by atoms with Crippen molar-refractivity contribution < 1.29 is 14.7 Å². The van der Waals surface area contributed by atoms with Crippen molar-refractivity contribution in [3.8, 4) is 0 Å². The smallest absolute Gasteiger partial charge is 0.307 e. The van der Waals surface area contributed by atoms with Crippen LogP contribution in [0.15, 0.2) is 42.5 Å². The summed E-state index contributed by atoms with van der Waals surface area (Å²) in [6, 6.07) is 10.7. The lowest BCUT2D eigenvalue weighted by Crippen LogP contribution is -2.45. The second kappa shape index (κ2) is 7.23. The topological polar surface area (TPSA) is 69.6 Å². The predicted molar refractivity (Wildman–Crippen MR) is 98.2 cm³/mol. The molecule has 2 N–H and O–H groups in total. The Bertz CT molecular complexity index is 702. The lowest BCUT2D eigenvalue weighted by Gasteiger charge is -2.27. The number of carbonyl (C=O) groups is 2. The van der Waals surface area contributed by atoms with Crippen molar-refractivity contribution in [2.75, 3.05) is 13.1 Å². The summed E-state index contributed by atoms with van der Waals surface area (Å²) >= 11 is 0. The van der Waals surface area contributed by atoms with Crippen LogP contribution in [0.25, 0.3) is 0 Å². The predicted octanol–water partition coefficient (Wildman–Crippen LogP) is 2.29. The zero-order valence-electron chi connectivity index (χ0n) is 14.9. The Hall–Kier alpha value is -2.14. The van der Waals surface area contributed by atoms with Crippen LogP contribution in [0.1, 0.15) is 24.8 Å². The third-order valence-electron chi connectivity index (χ3n) is 6.29. The summed E-state index contributed by atoms with van der Waals surface area (Å²) in [7, 11) is 0. The van der Waals surface area contributed by atoms with E-state index in [1.165, 1.54) is 5.56 Å². The van der Waals surface area contributed by atoms with Gasteiger partial charge in [-0.05, 0) is 43.2 Å².